The van der Waals surface area contributed by atoms with Crippen LogP contribution in [0.15, 0.2) is 12.1 Å². The van der Waals surface area contributed by atoms with Crippen molar-refractivity contribution in [2.75, 3.05) is 0 Å². The molecule has 0 N–H and O–H groups in total. The van der Waals surface area contributed by atoms with Gasteiger partial charge in [0.05, 0.1) is 0 Å². The van der Waals surface area contributed by atoms with Gasteiger partial charge in [0.1, 0.15) is 0 Å². The van der Waals surface area contributed by atoms with Gasteiger partial charge in [-0.3, -0.25) is 4.98 Å². The van der Waals surface area contributed by atoms with Crippen LogP contribution in [0.1, 0.15) is 37.1 Å². The lowest BCUT2D eigenvalue weighted by Crippen LogP contribution is -1.91. The van der Waals surface area contributed by atoms with Crippen LogP contribution in [0.4, 0.5) is 0 Å². The van der Waals surface area contributed by atoms with E-state index in [-0.39, 0.29) is 0 Å². The summed E-state index contributed by atoms with van der Waals surface area (Å²) in [5, 5.41) is 0. The third-order valence-corrected chi connectivity index (χ3v) is 2.10. The third kappa shape index (κ3) is 1.42. The van der Waals surface area contributed by atoms with Gasteiger partial charge in [-0.05, 0) is 25.3 Å². The Morgan fingerprint density at radius 2 is 2.45 bits per heavy atom. The number of aryl methyl sites for hydroxylation is 1. The highest BCUT2D eigenvalue weighted by Gasteiger charge is 2.24. The van der Waals surface area contributed by atoms with Gasteiger partial charge in [-0.15, -0.1) is 0 Å². The maximum atomic E-state index is 4.50. The molecule has 0 spiro atoms. The predicted octanol–water partition coefficient (Wildman–Crippen LogP) is 2.32. The molecule has 0 atom stereocenters. The molecule has 1 heteroatoms. The molecule has 0 unspecified atom stereocenters. The van der Waals surface area contributed by atoms with Crippen molar-refractivity contribution in [1.29, 1.82) is 0 Å². The fourth-order valence-electron chi connectivity index (χ4n) is 1.24. The van der Waals surface area contributed by atoms with Gasteiger partial charge in [0.25, 0.3) is 0 Å². The largest absolute Gasteiger partial charge is 0.257 e. The molecule has 1 nitrogen and oxygen atoms in total. The second kappa shape index (κ2) is 2.65. The van der Waals surface area contributed by atoms with Crippen molar-refractivity contribution in [3.8, 4) is 0 Å². The van der Waals surface area contributed by atoms with E-state index < -0.39 is 0 Å². The van der Waals surface area contributed by atoms with Crippen molar-refractivity contribution in [3.05, 3.63) is 29.6 Å². The van der Waals surface area contributed by atoms with E-state index in [0.29, 0.717) is 0 Å². The Labute approximate surface area is 67.5 Å². The van der Waals surface area contributed by atoms with Crippen LogP contribution in [0.3, 0.4) is 0 Å². The molecule has 0 amide bonds. The molecule has 1 aliphatic rings. The van der Waals surface area contributed by atoms with E-state index in [0.717, 1.165) is 18.0 Å². The Morgan fingerprint density at radius 1 is 1.64 bits per heavy atom. The summed E-state index contributed by atoms with van der Waals surface area (Å²) in [6.07, 6.45) is 3.67. The first-order valence-corrected chi connectivity index (χ1v) is 4.27. The van der Waals surface area contributed by atoms with Crippen molar-refractivity contribution < 1.29 is 0 Å². The Kier molecular flexibility index (Phi) is 1.65. The Hall–Kier alpha value is -0.850. The number of pyridine rings is 1. The van der Waals surface area contributed by atoms with Crippen LogP contribution in [-0.4, -0.2) is 4.98 Å². The summed E-state index contributed by atoms with van der Waals surface area (Å²) in [5.41, 5.74) is 2.38. The van der Waals surface area contributed by atoms with Crippen molar-refractivity contribution in [2.24, 2.45) is 0 Å². The van der Waals surface area contributed by atoms with Gasteiger partial charge in [0, 0.05) is 23.4 Å². The standard InChI is InChI=1S/C10H12N/c1-2-9-4-3-5-10(11-9)8-6-7-8/h3,5,8H,2,6-7H2,1H3. The summed E-state index contributed by atoms with van der Waals surface area (Å²) in [6, 6.07) is 7.22. The first kappa shape index (κ1) is 6.84. The Morgan fingerprint density at radius 3 is 3.09 bits per heavy atom. The van der Waals surface area contributed by atoms with Crippen LogP contribution in [0.5, 0.6) is 0 Å². The highest BCUT2D eigenvalue weighted by atomic mass is 14.7. The zero-order valence-corrected chi connectivity index (χ0v) is 6.80. The first-order chi connectivity index (χ1) is 5.40. The second-order valence-electron chi connectivity index (χ2n) is 3.09. The number of hydrogen-bond acceptors (Lipinski definition) is 1. The van der Waals surface area contributed by atoms with Crippen molar-refractivity contribution in [1.82, 2.24) is 4.98 Å². The average Bonchev–Trinajstić information content (AvgIpc) is 2.87. The molecule has 1 saturated carbocycles. The zero-order valence-electron chi connectivity index (χ0n) is 6.80. The van der Waals surface area contributed by atoms with E-state index >= 15 is 0 Å². The molecule has 0 aromatic carbocycles. The molecule has 2 rings (SSSR count). The zero-order chi connectivity index (χ0) is 7.68. The molecule has 0 aliphatic heterocycles. The summed E-state index contributed by atoms with van der Waals surface area (Å²) < 4.78 is 0. The third-order valence-electron chi connectivity index (χ3n) is 2.10. The van der Waals surface area contributed by atoms with E-state index in [2.05, 4.69) is 24.0 Å². The van der Waals surface area contributed by atoms with E-state index in [1.54, 1.807) is 0 Å². The molecule has 1 fully saturated rings. The maximum absolute atomic E-state index is 4.50. The highest BCUT2D eigenvalue weighted by Crippen LogP contribution is 2.38. The van der Waals surface area contributed by atoms with Crippen molar-refractivity contribution >= 4 is 0 Å². The van der Waals surface area contributed by atoms with Crippen LogP contribution in [0.2, 0.25) is 0 Å². The topological polar surface area (TPSA) is 12.9 Å². The van der Waals surface area contributed by atoms with Crippen molar-refractivity contribution in [2.45, 2.75) is 32.1 Å². The van der Waals surface area contributed by atoms with Crippen LogP contribution < -0.4 is 0 Å². The highest BCUT2D eigenvalue weighted by molar-refractivity contribution is 5.17. The van der Waals surface area contributed by atoms with Crippen LogP contribution >= 0.6 is 0 Å². The minimum atomic E-state index is 0.773. The molecule has 11 heavy (non-hydrogen) atoms. The van der Waals surface area contributed by atoms with Crippen LogP contribution in [0, 0.1) is 6.07 Å². The lowest BCUT2D eigenvalue weighted by Gasteiger charge is -1.98. The SMILES string of the molecule is CCc1[c]ccc(C2CC2)n1. The summed E-state index contributed by atoms with van der Waals surface area (Å²) in [4.78, 5) is 4.50. The lowest BCUT2D eigenvalue weighted by atomic mass is 10.2. The van der Waals surface area contributed by atoms with Gasteiger partial charge in [-0.25, -0.2) is 0 Å². The van der Waals surface area contributed by atoms with Gasteiger partial charge in [-0.1, -0.05) is 13.0 Å². The van der Waals surface area contributed by atoms with Gasteiger partial charge < -0.3 is 0 Å². The second-order valence-corrected chi connectivity index (χ2v) is 3.09. The predicted molar refractivity (Wildman–Crippen MR) is 44.4 cm³/mol. The molecule has 1 aromatic heterocycles. The summed E-state index contributed by atoms with van der Waals surface area (Å²) in [6.45, 7) is 2.12. The molecular formula is C10H12N. The minimum absolute atomic E-state index is 0.773. The molecule has 1 aromatic rings. The van der Waals surface area contributed by atoms with Gasteiger partial charge in [-0.2, -0.15) is 0 Å². The summed E-state index contributed by atoms with van der Waals surface area (Å²) in [5.74, 6) is 0.773. The average molecular weight is 146 g/mol. The molecule has 1 radical (unpaired) electrons. The van der Waals surface area contributed by atoms with Gasteiger partial charge >= 0.3 is 0 Å². The van der Waals surface area contributed by atoms with Gasteiger partial charge in [0.2, 0.25) is 0 Å². The van der Waals surface area contributed by atoms with Gasteiger partial charge in [0.15, 0.2) is 0 Å². The van der Waals surface area contributed by atoms with E-state index in [9.17, 15) is 0 Å². The lowest BCUT2D eigenvalue weighted by molar-refractivity contribution is 0.944. The minimum Gasteiger partial charge on any atom is -0.257 e. The number of aromatic nitrogens is 1. The van der Waals surface area contributed by atoms with E-state index in [4.69, 9.17) is 0 Å². The number of rotatable bonds is 2. The fourth-order valence-corrected chi connectivity index (χ4v) is 1.24. The summed E-state index contributed by atoms with van der Waals surface area (Å²) >= 11 is 0. The van der Waals surface area contributed by atoms with E-state index in [1.165, 1.54) is 18.5 Å². The molecule has 0 saturated heterocycles. The maximum Gasteiger partial charge on any atom is 0.0483 e. The Balaban J connectivity index is 2.26. The van der Waals surface area contributed by atoms with Crippen LogP contribution in [0.25, 0.3) is 0 Å². The normalized spacial score (nSPS) is 16.8. The van der Waals surface area contributed by atoms with Crippen molar-refractivity contribution in [3.63, 3.8) is 0 Å². The first-order valence-electron chi connectivity index (χ1n) is 4.27. The monoisotopic (exact) mass is 146 g/mol. The number of hydrogen-bond donors (Lipinski definition) is 0. The Bertz CT molecular complexity index is 251. The molecule has 1 aliphatic carbocycles. The fraction of sp³-hybridized carbons (Fsp3) is 0.500. The molecule has 1 heterocycles. The van der Waals surface area contributed by atoms with Crippen LogP contribution in [-0.2, 0) is 6.42 Å². The molecule has 0 bridgehead atoms. The molecular weight excluding hydrogens is 134 g/mol. The van der Waals surface area contributed by atoms with E-state index in [1.807, 2.05) is 6.07 Å². The summed E-state index contributed by atoms with van der Waals surface area (Å²) in [7, 11) is 0. The smallest absolute Gasteiger partial charge is 0.0483 e. The quantitative estimate of drug-likeness (QED) is 0.624. The molecule has 57 valence electrons. The number of nitrogens with zero attached hydrogens (tertiary/aromatic N) is 1.